The molecular weight excluding hydrogens is 574 g/mol. The van der Waals surface area contributed by atoms with E-state index in [2.05, 4.69) is 21.9 Å². The number of aliphatic hydroxyl groups is 1. The van der Waals surface area contributed by atoms with E-state index >= 15 is 0 Å². The Balaban J connectivity index is 1.12. The van der Waals surface area contributed by atoms with Crippen LogP contribution in [0, 0.1) is 11.6 Å². The second-order valence-electron chi connectivity index (χ2n) is 10.7. The number of rotatable bonds is 11. The van der Waals surface area contributed by atoms with E-state index in [0.717, 1.165) is 35.9 Å². The standard InChI is InChI=1S/C31H34F2N6O3S/c1-2-23-5-7-24(8-6-23)17-28-29(40)39(30(41)43-28)12-4-3-11-36-13-15-37(16-14-36)19-31(42,20-38-22-34-21-35-38)26-10-9-25(32)18-27(26)33/h3-10,17-18,21-22,42H,2,11-16,19-20H2,1H3/t31-/m1/s1. The molecule has 226 valence electrons. The van der Waals surface area contributed by atoms with Crippen molar-refractivity contribution in [3.8, 4) is 0 Å². The number of imide groups is 1. The highest BCUT2D eigenvalue weighted by atomic mass is 32.2. The number of hydrogen-bond donors (Lipinski definition) is 1. The first-order valence-electron chi connectivity index (χ1n) is 14.2. The summed E-state index contributed by atoms with van der Waals surface area (Å²) in [6, 6.07) is 11.1. The van der Waals surface area contributed by atoms with Gasteiger partial charge in [-0.1, -0.05) is 49.4 Å². The number of hydrogen-bond acceptors (Lipinski definition) is 8. The molecule has 0 bridgehead atoms. The maximum absolute atomic E-state index is 14.7. The third-order valence-corrected chi connectivity index (χ3v) is 8.56. The van der Waals surface area contributed by atoms with Gasteiger partial charge in [0.2, 0.25) is 0 Å². The average Bonchev–Trinajstić information content (AvgIpc) is 3.59. The molecule has 3 heterocycles. The first-order valence-corrected chi connectivity index (χ1v) is 15.0. The largest absolute Gasteiger partial charge is 0.382 e. The molecule has 1 atom stereocenters. The molecule has 1 N–H and O–H groups in total. The number of thioether (sulfide) groups is 1. The van der Waals surface area contributed by atoms with Crippen LogP contribution in [0.5, 0.6) is 0 Å². The topological polar surface area (TPSA) is 94.8 Å². The number of benzene rings is 2. The summed E-state index contributed by atoms with van der Waals surface area (Å²) >= 11 is 0.955. The molecule has 2 fully saturated rings. The Morgan fingerprint density at radius 3 is 2.37 bits per heavy atom. The summed E-state index contributed by atoms with van der Waals surface area (Å²) in [5, 5.41) is 15.4. The molecule has 3 aromatic rings. The number of halogens is 2. The van der Waals surface area contributed by atoms with Crippen LogP contribution in [-0.4, -0.2) is 91.5 Å². The van der Waals surface area contributed by atoms with Crippen molar-refractivity contribution in [1.82, 2.24) is 29.5 Å². The van der Waals surface area contributed by atoms with Crippen molar-refractivity contribution in [1.29, 1.82) is 0 Å². The molecule has 2 saturated heterocycles. The van der Waals surface area contributed by atoms with Gasteiger partial charge in [-0.05, 0) is 41.5 Å². The van der Waals surface area contributed by atoms with E-state index in [1.165, 1.54) is 33.9 Å². The highest BCUT2D eigenvalue weighted by Gasteiger charge is 2.37. The molecule has 0 aliphatic carbocycles. The first kappa shape index (κ1) is 30.7. The Kier molecular flexibility index (Phi) is 9.81. The third-order valence-electron chi connectivity index (χ3n) is 7.65. The van der Waals surface area contributed by atoms with Crippen LogP contribution >= 0.6 is 11.8 Å². The van der Waals surface area contributed by atoms with E-state index in [1.54, 1.807) is 6.08 Å². The number of amides is 2. The normalized spacial score (nSPS) is 19.2. The van der Waals surface area contributed by atoms with Gasteiger partial charge in [-0.2, -0.15) is 5.10 Å². The Morgan fingerprint density at radius 2 is 1.70 bits per heavy atom. The van der Waals surface area contributed by atoms with Crippen LogP contribution in [0.25, 0.3) is 6.08 Å². The van der Waals surface area contributed by atoms with Gasteiger partial charge >= 0.3 is 0 Å². The average molecular weight is 609 g/mol. The zero-order valence-corrected chi connectivity index (χ0v) is 24.7. The molecule has 2 aliphatic rings. The van der Waals surface area contributed by atoms with Crippen molar-refractivity contribution < 1.29 is 23.5 Å². The van der Waals surface area contributed by atoms with Crippen LogP contribution in [0.15, 0.2) is 72.2 Å². The highest BCUT2D eigenvalue weighted by Crippen LogP contribution is 2.32. The number of carbonyl (C=O) groups excluding carboxylic acids is 2. The summed E-state index contributed by atoms with van der Waals surface area (Å²) in [7, 11) is 0. The predicted molar refractivity (Wildman–Crippen MR) is 161 cm³/mol. The first-order chi connectivity index (χ1) is 20.7. The summed E-state index contributed by atoms with van der Waals surface area (Å²) in [4.78, 5) is 35.1. The van der Waals surface area contributed by atoms with Crippen LogP contribution < -0.4 is 0 Å². The van der Waals surface area contributed by atoms with Crippen molar-refractivity contribution in [2.75, 3.05) is 45.8 Å². The minimum atomic E-state index is -1.65. The molecule has 1 aromatic heterocycles. The number of aryl methyl sites for hydroxylation is 1. The van der Waals surface area contributed by atoms with E-state index in [9.17, 15) is 23.5 Å². The van der Waals surface area contributed by atoms with Crippen molar-refractivity contribution in [3.63, 3.8) is 0 Å². The Labute approximate surface area is 253 Å². The maximum Gasteiger partial charge on any atom is 0.293 e. The van der Waals surface area contributed by atoms with Gasteiger partial charge in [0.05, 0.1) is 11.4 Å². The van der Waals surface area contributed by atoms with Gasteiger partial charge in [-0.3, -0.25) is 24.3 Å². The molecule has 9 nitrogen and oxygen atoms in total. The molecule has 43 heavy (non-hydrogen) atoms. The van der Waals surface area contributed by atoms with Crippen molar-refractivity contribution in [3.05, 3.63) is 101 Å². The van der Waals surface area contributed by atoms with Gasteiger partial charge in [-0.25, -0.2) is 18.4 Å². The lowest BCUT2D eigenvalue weighted by Gasteiger charge is -2.39. The van der Waals surface area contributed by atoms with Gasteiger partial charge in [0.25, 0.3) is 11.1 Å². The number of piperazine rings is 1. The molecule has 2 amide bonds. The SMILES string of the molecule is CCc1ccc(C=C2SC(=O)N(CC=CCN3CCN(C[C@@](O)(Cn4cncn4)c4ccc(F)cc4F)CC3)C2=O)cc1. The number of β-amino-alcohol motifs (C(OH)–C–C–N with tert-alkyl or cyclic N) is 1. The molecule has 5 rings (SSSR count). The molecule has 12 heteroatoms. The summed E-state index contributed by atoms with van der Waals surface area (Å²) in [6.45, 7) is 5.69. The van der Waals surface area contributed by atoms with Gasteiger partial charge in [-0.15, -0.1) is 0 Å². The number of nitrogens with zero attached hydrogens (tertiary/aromatic N) is 6. The lowest BCUT2D eigenvalue weighted by Crippen LogP contribution is -2.52. The quantitative estimate of drug-likeness (QED) is 0.259. The summed E-state index contributed by atoms with van der Waals surface area (Å²) in [5.41, 5.74) is 0.456. The minimum Gasteiger partial charge on any atom is -0.382 e. The predicted octanol–water partition coefficient (Wildman–Crippen LogP) is 3.92. The fourth-order valence-electron chi connectivity index (χ4n) is 5.23. The number of aromatic nitrogens is 3. The van der Waals surface area contributed by atoms with Crippen molar-refractivity contribution >= 4 is 29.0 Å². The summed E-state index contributed by atoms with van der Waals surface area (Å²) in [6.07, 6.45) is 9.25. The lowest BCUT2D eigenvalue weighted by molar-refractivity contribution is -0.122. The molecule has 0 unspecified atom stereocenters. The zero-order chi connectivity index (χ0) is 30.4. The fraction of sp³-hybridized carbons (Fsp3) is 0.355. The Hall–Kier alpha value is -3.71. The van der Waals surface area contributed by atoms with Crippen LogP contribution in [0.2, 0.25) is 0 Å². The molecule has 0 spiro atoms. The lowest BCUT2D eigenvalue weighted by atomic mass is 9.92. The summed E-state index contributed by atoms with van der Waals surface area (Å²) in [5.74, 6) is -1.81. The van der Waals surface area contributed by atoms with Crippen LogP contribution in [0.3, 0.4) is 0 Å². The van der Waals surface area contributed by atoms with Gasteiger partial charge < -0.3 is 5.11 Å². The maximum atomic E-state index is 14.7. The van der Waals surface area contributed by atoms with Gasteiger partial charge in [0.15, 0.2) is 0 Å². The van der Waals surface area contributed by atoms with Crippen LogP contribution in [0.1, 0.15) is 23.6 Å². The van der Waals surface area contributed by atoms with Gasteiger partial charge in [0, 0.05) is 57.4 Å². The Bertz CT molecular complexity index is 1490. The van der Waals surface area contributed by atoms with Crippen molar-refractivity contribution in [2.45, 2.75) is 25.5 Å². The third kappa shape index (κ3) is 7.63. The second-order valence-corrected chi connectivity index (χ2v) is 11.7. The number of carbonyl (C=O) groups is 2. The monoisotopic (exact) mass is 608 g/mol. The van der Waals surface area contributed by atoms with E-state index in [0.29, 0.717) is 37.6 Å². The molecular formula is C31H34F2N6O3S. The van der Waals surface area contributed by atoms with Gasteiger partial charge in [0.1, 0.15) is 29.9 Å². The Morgan fingerprint density at radius 1 is 0.977 bits per heavy atom. The fourth-order valence-corrected chi connectivity index (χ4v) is 6.08. The van der Waals surface area contributed by atoms with E-state index in [1.807, 2.05) is 41.3 Å². The molecule has 0 radical (unpaired) electrons. The molecule has 2 aliphatic heterocycles. The minimum absolute atomic E-state index is 0.00587. The van der Waals surface area contributed by atoms with E-state index < -0.39 is 17.2 Å². The highest BCUT2D eigenvalue weighted by molar-refractivity contribution is 8.18. The smallest absolute Gasteiger partial charge is 0.293 e. The van der Waals surface area contributed by atoms with Crippen LogP contribution in [-0.2, 0) is 23.4 Å². The molecule has 0 saturated carbocycles. The van der Waals surface area contributed by atoms with Crippen molar-refractivity contribution in [2.24, 2.45) is 0 Å². The van der Waals surface area contributed by atoms with E-state index in [4.69, 9.17) is 0 Å². The van der Waals surface area contributed by atoms with Crippen LogP contribution in [0.4, 0.5) is 13.6 Å². The second kappa shape index (κ2) is 13.7. The molecule has 2 aromatic carbocycles. The summed E-state index contributed by atoms with van der Waals surface area (Å²) < 4.78 is 29.7. The zero-order valence-electron chi connectivity index (χ0n) is 23.9. The van der Waals surface area contributed by atoms with E-state index in [-0.39, 0.29) is 36.3 Å².